The van der Waals surface area contributed by atoms with Crippen LogP contribution in [-0.4, -0.2) is 73.5 Å². The van der Waals surface area contributed by atoms with Crippen LogP contribution in [0, 0.1) is 0 Å². The Bertz CT molecular complexity index is 1260. The second-order valence-electron chi connectivity index (χ2n) is 10.8. The minimum absolute atomic E-state index is 0.00519. The predicted octanol–water partition coefficient (Wildman–Crippen LogP) is 1.80. The number of hydrogen-bond acceptors (Lipinski definition) is 7. The van der Waals surface area contributed by atoms with Gasteiger partial charge in [0, 0.05) is 30.9 Å². The third-order valence-corrected chi connectivity index (χ3v) is 7.80. The van der Waals surface area contributed by atoms with Crippen molar-refractivity contribution in [2.45, 2.75) is 57.4 Å². The smallest absolute Gasteiger partial charge is 0.262 e. The van der Waals surface area contributed by atoms with Crippen LogP contribution in [0.1, 0.15) is 55.2 Å². The van der Waals surface area contributed by atoms with Crippen molar-refractivity contribution in [1.29, 1.82) is 0 Å². The van der Waals surface area contributed by atoms with Gasteiger partial charge in [-0.15, -0.1) is 0 Å². The number of nitrogens with zero attached hydrogens (tertiary/aromatic N) is 1. The van der Waals surface area contributed by atoms with E-state index in [1.165, 1.54) is 12.6 Å². The highest BCUT2D eigenvalue weighted by Crippen LogP contribution is 2.39. The van der Waals surface area contributed by atoms with E-state index in [4.69, 9.17) is 20.6 Å². The monoisotopic (exact) mass is 578 g/mol. The molecular weight excluding hydrogens is 534 g/mol. The number of carbonyl (C=O) groups excluding carboxylic acids is 2. The molecule has 7 N–H and O–H groups in total. The number of hydrogen-bond donors (Lipinski definition) is 5. The molecule has 10 heteroatoms. The summed E-state index contributed by atoms with van der Waals surface area (Å²) in [5.74, 6) is 0.374. The van der Waals surface area contributed by atoms with E-state index in [0.29, 0.717) is 62.8 Å². The number of nitrogens with two attached hydrogens (primary N) is 2. The average Bonchev–Trinajstić information content (AvgIpc) is 3.00. The van der Waals surface area contributed by atoms with Gasteiger partial charge in [-0.25, -0.2) is 0 Å². The average molecular weight is 579 g/mol. The SMILES string of the molecule is N/C(=C\C=[NH2+])c1cccc(CCOCCC(=O)N(CCNCCc2ccc(O)c3c2OCC(=O)N3)C2CCCCC2)c1. The molecule has 2 aliphatic rings. The number of aromatic hydroxyl groups is 1. The summed E-state index contributed by atoms with van der Waals surface area (Å²) in [6.45, 7) is 2.86. The number of nitrogens with one attached hydrogen (secondary N) is 2. The highest BCUT2D eigenvalue weighted by molar-refractivity contribution is 5.97. The van der Waals surface area contributed by atoms with Crippen molar-refractivity contribution in [2.24, 2.45) is 5.73 Å². The Kier molecular flexibility index (Phi) is 11.8. The lowest BCUT2D eigenvalue weighted by Gasteiger charge is -2.34. The Labute approximate surface area is 247 Å². The second-order valence-corrected chi connectivity index (χ2v) is 10.8. The maximum absolute atomic E-state index is 13.3. The normalized spacial score (nSPS) is 15.4. The molecule has 0 aromatic heterocycles. The maximum Gasteiger partial charge on any atom is 0.262 e. The number of phenolic OH excluding ortho intramolecular Hbond substituents is 1. The summed E-state index contributed by atoms with van der Waals surface area (Å²) >= 11 is 0. The van der Waals surface area contributed by atoms with E-state index in [-0.39, 0.29) is 30.2 Å². The molecule has 4 rings (SSSR count). The van der Waals surface area contributed by atoms with Gasteiger partial charge in [0.25, 0.3) is 5.91 Å². The molecule has 1 fully saturated rings. The zero-order valence-corrected chi connectivity index (χ0v) is 24.3. The molecule has 0 atom stereocenters. The zero-order chi connectivity index (χ0) is 29.7. The maximum atomic E-state index is 13.3. The number of anilines is 1. The van der Waals surface area contributed by atoms with E-state index in [2.05, 4.69) is 10.6 Å². The molecule has 1 heterocycles. The second kappa shape index (κ2) is 15.9. The van der Waals surface area contributed by atoms with Crippen molar-refractivity contribution >= 4 is 29.4 Å². The van der Waals surface area contributed by atoms with Crippen LogP contribution in [0.25, 0.3) is 5.70 Å². The van der Waals surface area contributed by atoms with Crippen LogP contribution in [0.5, 0.6) is 11.5 Å². The summed E-state index contributed by atoms with van der Waals surface area (Å²) < 4.78 is 11.4. The van der Waals surface area contributed by atoms with Gasteiger partial charge in [-0.05, 0) is 61.1 Å². The van der Waals surface area contributed by atoms with Crippen LogP contribution < -0.4 is 26.5 Å². The fourth-order valence-electron chi connectivity index (χ4n) is 5.56. The van der Waals surface area contributed by atoms with Gasteiger partial charge < -0.3 is 35.8 Å². The molecule has 226 valence electrons. The van der Waals surface area contributed by atoms with E-state index in [9.17, 15) is 14.7 Å². The number of allylic oxidation sites excluding steroid dienone is 1. The molecule has 10 nitrogen and oxygen atoms in total. The number of amides is 2. The molecule has 0 saturated heterocycles. The van der Waals surface area contributed by atoms with Gasteiger partial charge in [-0.3, -0.25) is 15.0 Å². The summed E-state index contributed by atoms with van der Waals surface area (Å²) in [6.07, 6.45) is 10.5. The van der Waals surface area contributed by atoms with E-state index in [0.717, 1.165) is 48.8 Å². The van der Waals surface area contributed by atoms with Gasteiger partial charge in [0.15, 0.2) is 18.6 Å². The Morgan fingerprint density at radius 3 is 2.81 bits per heavy atom. The Hall–Kier alpha value is -3.89. The predicted molar refractivity (Wildman–Crippen MR) is 163 cm³/mol. The molecule has 2 amide bonds. The molecule has 0 radical (unpaired) electrons. The van der Waals surface area contributed by atoms with E-state index >= 15 is 0 Å². The van der Waals surface area contributed by atoms with Crippen molar-refractivity contribution in [3.63, 3.8) is 0 Å². The third-order valence-electron chi connectivity index (χ3n) is 7.80. The lowest BCUT2D eigenvalue weighted by atomic mass is 9.94. The van der Waals surface area contributed by atoms with Crippen LogP contribution in [0.15, 0.2) is 42.5 Å². The fraction of sp³-hybridized carbons (Fsp3) is 0.469. The molecule has 0 unspecified atom stereocenters. The van der Waals surface area contributed by atoms with Gasteiger partial charge in [0.2, 0.25) is 5.91 Å². The minimum atomic E-state index is -0.281. The molecule has 1 aliphatic heterocycles. The summed E-state index contributed by atoms with van der Waals surface area (Å²) in [5, 5.41) is 21.6. The van der Waals surface area contributed by atoms with E-state index in [1.807, 2.05) is 35.2 Å². The molecule has 1 saturated carbocycles. The number of phenols is 1. The largest absolute Gasteiger partial charge is 0.506 e. The molecule has 2 aromatic rings. The van der Waals surface area contributed by atoms with E-state index < -0.39 is 0 Å². The Balaban J connectivity index is 1.21. The van der Waals surface area contributed by atoms with Crippen molar-refractivity contribution < 1.29 is 29.6 Å². The van der Waals surface area contributed by atoms with Crippen LogP contribution in [0.3, 0.4) is 0 Å². The molecular formula is C32H44N5O5+. The minimum Gasteiger partial charge on any atom is -0.506 e. The van der Waals surface area contributed by atoms with Gasteiger partial charge in [-0.1, -0.05) is 43.5 Å². The van der Waals surface area contributed by atoms with Crippen LogP contribution in [-0.2, 0) is 27.2 Å². The number of ether oxygens (including phenoxy) is 2. The van der Waals surface area contributed by atoms with Crippen LogP contribution in [0.4, 0.5) is 5.69 Å². The highest BCUT2D eigenvalue weighted by atomic mass is 16.5. The number of rotatable bonds is 15. The summed E-state index contributed by atoms with van der Waals surface area (Å²) in [5.41, 5.74) is 9.93. The zero-order valence-electron chi connectivity index (χ0n) is 24.3. The summed E-state index contributed by atoms with van der Waals surface area (Å²) in [6, 6.07) is 11.6. The van der Waals surface area contributed by atoms with Gasteiger partial charge in [0.05, 0.1) is 19.6 Å². The van der Waals surface area contributed by atoms with Crippen molar-refractivity contribution in [3.05, 3.63) is 59.2 Å². The standard InChI is InChI=1S/C32H43N5O5/c33-15-11-27(34)25-6-4-5-23(21-25)13-19-41-20-14-30(40)37(26-7-2-1-3-8-26)18-17-35-16-12-24-9-10-28(38)31-32(24)42-22-29(39)36-31/h4-6,9-11,15,21,26,33,35,38H,1-3,7-8,12-14,16-20,22,34H2,(H,36,39)/p+1/b27-11-,33-15?. The molecule has 1 aliphatic carbocycles. The number of carbonyl (C=O) groups is 2. The molecule has 42 heavy (non-hydrogen) atoms. The Morgan fingerprint density at radius 1 is 1.17 bits per heavy atom. The first-order chi connectivity index (χ1) is 20.5. The van der Waals surface area contributed by atoms with Crippen molar-refractivity contribution in [2.75, 3.05) is 44.8 Å². The highest BCUT2D eigenvalue weighted by Gasteiger charge is 2.25. The van der Waals surface area contributed by atoms with Crippen molar-refractivity contribution in [3.8, 4) is 11.5 Å². The first kappa shape index (κ1) is 31.1. The molecule has 0 bridgehead atoms. The van der Waals surface area contributed by atoms with E-state index in [1.54, 1.807) is 12.1 Å². The lowest BCUT2D eigenvalue weighted by molar-refractivity contribution is -0.135. The first-order valence-corrected chi connectivity index (χ1v) is 14.9. The lowest BCUT2D eigenvalue weighted by Crippen LogP contribution is -2.45. The number of fused-ring (bicyclic) bond motifs is 1. The molecule has 2 aromatic carbocycles. The topological polar surface area (TPSA) is 152 Å². The first-order valence-electron chi connectivity index (χ1n) is 14.9. The summed E-state index contributed by atoms with van der Waals surface area (Å²) in [4.78, 5) is 27.0. The molecule has 0 spiro atoms. The van der Waals surface area contributed by atoms with Crippen LogP contribution in [0.2, 0.25) is 0 Å². The van der Waals surface area contributed by atoms with Crippen molar-refractivity contribution in [1.82, 2.24) is 10.2 Å². The van der Waals surface area contributed by atoms with Crippen LogP contribution >= 0.6 is 0 Å². The quantitative estimate of drug-likeness (QED) is 0.123. The fourth-order valence-corrected chi connectivity index (χ4v) is 5.56. The summed E-state index contributed by atoms with van der Waals surface area (Å²) in [7, 11) is 0. The van der Waals surface area contributed by atoms with Gasteiger partial charge >= 0.3 is 0 Å². The Morgan fingerprint density at radius 2 is 2.00 bits per heavy atom. The van der Waals surface area contributed by atoms with Gasteiger partial charge in [-0.2, -0.15) is 0 Å². The van der Waals surface area contributed by atoms with Gasteiger partial charge in [0.1, 0.15) is 11.4 Å². The third kappa shape index (κ3) is 8.80. The number of benzene rings is 2.